The molecule has 0 aliphatic heterocycles. The number of hydrogen-bond donors (Lipinski definition) is 3. The zero-order chi connectivity index (χ0) is 12.8. The molecule has 0 radical (unpaired) electrons. The van der Waals surface area contributed by atoms with Gasteiger partial charge in [-0.25, -0.2) is 4.39 Å². The lowest BCUT2D eigenvalue weighted by atomic mass is 10.2. The average Bonchev–Trinajstić information content (AvgIpc) is 2.29. The normalized spacial score (nSPS) is 10.1. The minimum atomic E-state index is -0.520. The second-order valence-electron chi connectivity index (χ2n) is 3.19. The highest BCUT2D eigenvalue weighted by Gasteiger charge is 2.08. The maximum Gasteiger partial charge on any atom is 0.166 e. The molecule has 1 aromatic carbocycles. The first-order valence-electron chi connectivity index (χ1n) is 4.80. The van der Waals surface area contributed by atoms with Crippen LogP contribution in [-0.2, 0) is 6.54 Å². The number of thiocarbonyl (C=S) groups is 1. The lowest BCUT2D eigenvalue weighted by Gasteiger charge is -2.10. The molecule has 0 bridgehead atoms. The summed E-state index contributed by atoms with van der Waals surface area (Å²) in [5.74, 6) is -0.520. The van der Waals surface area contributed by atoms with Gasteiger partial charge in [0.2, 0.25) is 0 Å². The SMILES string of the molecule is OCCNC(=S)NCc1cc(Cl)cc(Cl)c1F. The predicted octanol–water partition coefficient (Wildman–Crippen LogP) is 2.09. The Balaban J connectivity index is 2.60. The number of benzene rings is 1. The van der Waals surface area contributed by atoms with E-state index < -0.39 is 5.82 Å². The van der Waals surface area contributed by atoms with Crippen LogP contribution in [0.15, 0.2) is 12.1 Å². The van der Waals surface area contributed by atoms with E-state index in [1.165, 1.54) is 12.1 Å². The van der Waals surface area contributed by atoms with E-state index in [9.17, 15) is 4.39 Å². The van der Waals surface area contributed by atoms with Gasteiger partial charge in [0.25, 0.3) is 0 Å². The first kappa shape index (κ1) is 14.4. The van der Waals surface area contributed by atoms with Gasteiger partial charge in [-0.2, -0.15) is 0 Å². The number of hydrogen-bond acceptors (Lipinski definition) is 2. The van der Waals surface area contributed by atoms with Crippen molar-refractivity contribution in [2.45, 2.75) is 6.54 Å². The van der Waals surface area contributed by atoms with Gasteiger partial charge in [-0.15, -0.1) is 0 Å². The second kappa shape index (κ2) is 6.96. The van der Waals surface area contributed by atoms with Crippen molar-refractivity contribution < 1.29 is 9.50 Å². The van der Waals surface area contributed by atoms with Crippen LogP contribution in [0, 0.1) is 5.82 Å². The summed E-state index contributed by atoms with van der Waals surface area (Å²) in [5.41, 5.74) is 0.329. The predicted molar refractivity (Wildman–Crippen MR) is 70.9 cm³/mol. The molecule has 0 unspecified atom stereocenters. The highest BCUT2D eigenvalue weighted by molar-refractivity contribution is 7.80. The second-order valence-corrected chi connectivity index (χ2v) is 4.45. The molecule has 0 saturated heterocycles. The largest absolute Gasteiger partial charge is 0.395 e. The van der Waals surface area contributed by atoms with Crippen LogP contribution >= 0.6 is 35.4 Å². The van der Waals surface area contributed by atoms with E-state index in [2.05, 4.69) is 10.6 Å². The molecule has 0 atom stereocenters. The van der Waals surface area contributed by atoms with Gasteiger partial charge in [0, 0.05) is 23.7 Å². The van der Waals surface area contributed by atoms with Crippen LogP contribution < -0.4 is 10.6 Å². The molecule has 0 heterocycles. The molecular formula is C10H11Cl2FN2OS. The third-order valence-electron chi connectivity index (χ3n) is 1.91. The van der Waals surface area contributed by atoms with Crippen LogP contribution in [0.2, 0.25) is 10.0 Å². The maximum atomic E-state index is 13.5. The molecule has 0 aromatic heterocycles. The summed E-state index contributed by atoms with van der Waals surface area (Å²) in [6.07, 6.45) is 0. The minimum absolute atomic E-state index is 0.0245. The summed E-state index contributed by atoms with van der Waals surface area (Å²) in [6.45, 7) is 0.479. The summed E-state index contributed by atoms with van der Waals surface area (Å²) >= 11 is 16.3. The van der Waals surface area contributed by atoms with Crippen molar-refractivity contribution in [1.29, 1.82) is 0 Å². The zero-order valence-corrected chi connectivity index (χ0v) is 11.1. The van der Waals surface area contributed by atoms with Crippen molar-refractivity contribution in [2.24, 2.45) is 0 Å². The highest BCUT2D eigenvalue weighted by atomic mass is 35.5. The van der Waals surface area contributed by atoms with E-state index in [1.54, 1.807) is 0 Å². The van der Waals surface area contributed by atoms with Crippen molar-refractivity contribution in [2.75, 3.05) is 13.2 Å². The van der Waals surface area contributed by atoms with Crippen LogP contribution in [0.25, 0.3) is 0 Å². The van der Waals surface area contributed by atoms with Crippen LogP contribution in [-0.4, -0.2) is 23.4 Å². The molecule has 94 valence electrons. The first-order valence-corrected chi connectivity index (χ1v) is 5.97. The summed E-state index contributed by atoms with van der Waals surface area (Å²) in [6, 6.07) is 2.81. The quantitative estimate of drug-likeness (QED) is 0.588. The van der Waals surface area contributed by atoms with E-state index in [4.69, 9.17) is 40.5 Å². The molecule has 0 aliphatic rings. The fraction of sp³-hybridized carbons (Fsp3) is 0.300. The number of aliphatic hydroxyl groups is 1. The number of rotatable bonds is 4. The Morgan fingerprint density at radius 2 is 2.06 bits per heavy atom. The third-order valence-corrected chi connectivity index (χ3v) is 2.69. The van der Waals surface area contributed by atoms with Gasteiger partial charge in [0.1, 0.15) is 5.82 Å². The van der Waals surface area contributed by atoms with Crippen molar-refractivity contribution in [1.82, 2.24) is 10.6 Å². The molecular weight excluding hydrogens is 286 g/mol. The molecule has 1 aromatic rings. The average molecular weight is 297 g/mol. The summed E-state index contributed by atoms with van der Waals surface area (Å²) in [4.78, 5) is 0. The molecule has 1 rings (SSSR count). The monoisotopic (exact) mass is 296 g/mol. The van der Waals surface area contributed by atoms with E-state index in [0.717, 1.165) is 0 Å². The van der Waals surface area contributed by atoms with Gasteiger partial charge in [-0.1, -0.05) is 23.2 Å². The Morgan fingerprint density at radius 3 is 2.71 bits per heavy atom. The fourth-order valence-corrected chi connectivity index (χ4v) is 1.86. The topological polar surface area (TPSA) is 44.3 Å². The minimum Gasteiger partial charge on any atom is -0.395 e. The number of aliphatic hydroxyl groups excluding tert-OH is 1. The van der Waals surface area contributed by atoms with Crippen LogP contribution in [0.1, 0.15) is 5.56 Å². The number of halogens is 3. The van der Waals surface area contributed by atoms with Crippen molar-refractivity contribution in [3.05, 3.63) is 33.6 Å². The van der Waals surface area contributed by atoms with Gasteiger partial charge < -0.3 is 15.7 Å². The Labute approximate surface area is 114 Å². The number of nitrogens with one attached hydrogen (secondary N) is 2. The summed E-state index contributed by atoms with van der Waals surface area (Å²) < 4.78 is 13.5. The molecule has 17 heavy (non-hydrogen) atoms. The van der Waals surface area contributed by atoms with Crippen molar-refractivity contribution in [3.8, 4) is 0 Å². The first-order chi connectivity index (χ1) is 8.04. The standard InChI is InChI=1S/C10H11Cl2FN2OS/c11-7-3-6(9(13)8(12)4-7)5-15-10(17)14-1-2-16/h3-4,16H,1-2,5H2,(H2,14,15,17). The van der Waals surface area contributed by atoms with Crippen molar-refractivity contribution in [3.63, 3.8) is 0 Å². The smallest absolute Gasteiger partial charge is 0.166 e. The maximum absolute atomic E-state index is 13.5. The van der Waals surface area contributed by atoms with Crippen LogP contribution in [0.4, 0.5) is 4.39 Å². The Hall–Kier alpha value is -0.620. The van der Waals surface area contributed by atoms with Crippen LogP contribution in [0.5, 0.6) is 0 Å². The molecule has 3 nitrogen and oxygen atoms in total. The Bertz CT molecular complexity index is 418. The van der Waals surface area contributed by atoms with Gasteiger partial charge in [0.15, 0.2) is 5.11 Å². The molecule has 7 heteroatoms. The molecule has 0 fully saturated rings. The Kier molecular flexibility index (Phi) is 5.91. The van der Waals surface area contributed by atoms with Crippen molar-refractivity contribution >= 4 is 40.5 Å². The fourth-order valence-electron chi connectivity index (χ4n) is 1.15. The lowest BCUT2D eigenvalue weighted by Crippen LogP contribution is -2.36. The highest BCUT2D eigenvalue weighted by Crippen LogP contribution is 2.23. The lowest BCUT2D eigenvalue weighted by molar-refractivity contribution is 0.300. The van der Waals surface area contributed by atoms with Gasteiger partial charge in [-0.05, 0) is 24.4 Å². The zero-order valence-electron chi connectivity index (χ0n) is 8.77. The van der Waals surface area contributed by atoms with E-state index in [1.807, 2.05) is 0 Å². The van der Waals surface area contributed by atoms with Crippen LogP contribution in [0.3, 0.4) is 0 Å². The summed E-state index contributed by atoms with van der Waals surface area (Å²) in [7, 11) is 0. The van der Waals surface area contributed by atoms with E-state index in [-0.39, 0.29) is 18.2 Å². The van der Waals surface area contributed by atoms with E-state index >= 15 is 0 Å². The molecule has 0 aliphatic carbocycles. The Morgan fingerprint density at radius 1 is 1.35 bits per heavy atom. The van der Waals surface area contributed by atoms with Gasteiger partial charge in [0.05, 0.1) is 11.6 Å². The molecule has 3 N–H and O–H groups in total. The molecule has 0 spiro atoms. The molecule has 0 amide bonds. The van der Waals surface area contributed by atoms with Gasteiger partial charge in [-0.3, -0.25) is 0 Å². The molecule has 0 saturated carbocycles. The third kappa shape index (κ3) is 4.63. The van der Waals surface area contributed by atoms with E-state index in [0.29, 0.717) is 22.2 Å². The summed E-state index contributed by atoms with van der Waals surface area (Å²) in [5, 5.41) is 14.8. The van der Waals surface area contributed by atoms with Gasteiger partial charge >= 0.3 is 0 Å².